The van der Waals surface area contributed by atoms with E-state index < -0.39 is 5.60 Å². The molecule has 1 aromatic heterocycles. The second-order valence-electron chi connectivity index (χ2n) is 7.68. The van der Waals surface area contributed by atoms with Gasteiger partial charge in [-0.1, -0.05) is 59.8 Å². The predicted octanol–water partition coefficient (Wildman–Crippen LogP) is 3.93. The van der Waals surface area contributed by atoms with E-state index in [4.69, 9.17) is 9.26 Å². The van der Waals surface area contributed by atoms with Crippen molar-refractivity contribution in [3.8, 4) is 11.1 Å². The van der Waals surface area contributed by atoms with E-state index in [0.29, 0.717) is 31.1 Å². The molecule has 0 bridgehead atoms. The smallest absolute Gasteiger partial charge is 0.240 e. The van der Waals surface area contributed by atoms with Crippen molar-refractivity contribution in [1.82, 2.24) is 15.0 Å². The number of benzene rings is 2. The second kappa shape index (κ2) is 8.45. The maximum absolute atomic E-state index is 11.2. The van der Waals surface area contributed by atoms with Crippen molar-refractivity contribution in [2.24, 2.45) is 0 Å². The summed E-state index contributed by atoms with van der Waals surface area (Å²) >= 11 is 0. The van der Waals surface area contributed by atoms with E-state index in [1.165, 1.54) is 5.56 Å². The van der Waals surface area contributed by atoms with Gasteiger partial charge >= 0.3 is 0 Å². The molecule has 1 saturated heterocycles. The van der Waals surface area contributed by atoms with Crippen LogP contribution < -0.4 is 0 Å². The first kappa shape index (κ1) is 19.8. The van der Waals surface area contributed by atoms with Crippen molar-refractivity contribution in [1.29, 1.82) is 0 Å². The molecular weight excluding hydrogens is 366 g/mol. The van der Waals surface area contributed by atoms with Gasteiger partial charge in [0.1, 0.15) is 6.10 Å². The van der Waals surface area contributed by atoms with Crippen LogP contribution in [0.5, 0.6) is 0 Å². The number of ether oxygens (including phenoxy) is 1. The molecule has 1 N–H and O–H groups in total. The van der Waals surface area contributed by atoms with E-state index >= 15 is 0 Å². The minimum absolute atomic E-state index is 0.183. The molecule has 1 unspecified atom stereocenters. The third-order valence-corrected chi connectivity index (χ3v) is 5.77. The summed E-state index contributed by atoms with van der Waals surface area (Å²) in [6.07, 6.45) is 1.16. The van der Waals surface area contributed by atoms with Crippen molar-refractivity contribution in [2.45, 2.75) is 38.0 Å². The minimum Gasteiger partial charge on any atom is -0.385 e. The Morgan fingerprint density at radius 3 is 2.38 bits per heavy atom. The first-order chi connectivity index (χ1) is 14.1. The molecule has 0 aliphatic carbocycles. The fourth-order valence-corrected chi connectivity index (χ4v) is 3.77. The molecule has 0 radical (unpaired) electrons. The first-order valence-electron chi connectivity index (χ1n) is 10.0. The van der Waals surface area contributed by atoms with E-state index in [9.17, 15) is 5.11 Å². The van der Waals surface area contributed by atoms with Crippen LogP contribution in [0.4, 0.5) is 0 Å². The number of rotatable bonds is 6. The fraction of sp³-hybridized carbons (Fsp3) is 0.391. The second-order valence-corrected chi connectivity index (χ2v) is 7.68. The summed E-state index contributed by atoms with van der Waals surface area (Å²) in [7, 11) is 1.62. The Morgan fingerprint density at radius 2 is 1.72 bits per heavy atom. The number of aliphatic hydroxyl groups is 1. The monoisotopic (exact) mass is 393 g/mol. The highest BCUT2D eigenvalue weighted by atomic mass is 16.5. The molecule has 2 heterocycles. The van der Waals surface area contributed by atoms with Gasteiger partial charge < -0.3 is 14.4 Å². The minimum atomic E-state index is -0.795. The van der Waals surface area contributed by atoms with Crippen LogP contribution in [0.2, 0.25) is 0 Å². The summed E-state index contributed by atoms with van der Waals surface area (Å²) in [5, 5.41) is 15.2. The van der Waals surface area contributed by atoms with Crippen molar-refractivity contribution in [2.75, 3.05) is 20.2 Å². The van der Waals surface area contributed by atoms with Gasteiger partial charge in [-0.25, -0.2) is 0 Å². The van der Waals surface area contributed by atoms with Crippen LogP contribution in [-0.2, 0) is 16.9 Å². The summed E-state index contributed by atoms with van der Waals surface area (Å²) in [5.74, 6) is 1.15. The summed E-state index contributed by atoms with van der Waals surface area (Å²) in [6, 6.07) is 18.6. The normalized spacial score (nSPS) is 17.9. The Balaban J connectivity index is 1.37. The quantitative estimate of drug-likeness (QED) is 0.684. The van der Waals surface area contributed by atoms with E-state index in [2.05, 4.69) is 51.4 Å². The molecule has 3 aromatic rings. The van der Waals surface area contributed by atoms with Crippen LogP contribution >= 0.6 is 0 Å². The van der Waals surface area contributed by atoms with Crippen molar-refractivity contribution < 1.29 is 14.4 Å². The van der Waals surface area contributed by atoms with E-state index in [-0.39, 0.29) is 6.10 Å². The maximum atomic E-state index is 11.2. The van der Waals surface area contributed by atoms with Crippen molar-refractivity contribution in [3.05, 3.63) is 71.9 Å². The average molecular weight is 393 g/mol. The Labute approximate surface area is 171 Å². The topological polar surface area (TPSA) is 71.6 Å². The molecule has 0 spiro atoms. The summed E-state index contributed by atoms with van der Waals surface area (Å²) < 4.78 is 10.6. The zero-order chi connectivity index (χ0) is 20.3. The lowest BCUT2D eigenvalue weighted by Gasteiger charge is -2.38. The highest BCUT2D eigenvalue weighted by molar-refractivity contribution is 5.63. The molecule has 152 valence electrons. The van der Waals surface area contributed by atoms with Gasteiger partial charge in [-0.3, -0.25) is 4.90 Å². The van der Waals surface area contributed by atoms with Crippen molar-refractivity contribution >= 4 is 0 Å². The third kappa shape index (κ3) is 4.40. The largest absolute Gasteiger partial charge is 0.385 e. The standard InChI is InChI=1S/C23H27N3O3/c1-17(28-2)22-24-21(29-25-22)16-26-14-12-23(27,13-15-26)20-10-8-19(9-11-20)18-6-4-3-5-7-18/h3-11,17,27H,12-16H2,1-2H3. The number of hydrogen-bond donors (Lipinski definition) is 1. The molecule has 1 aliphatic rings. The van der Waals surface area contributed by atoms with Crippen molar-refractivity contribution in [3.63, 3.8) is 0 Å². The highest BCUT2D eigenvalue weighted by Gasteiger charge is 2.34. The van der Waals surface area contributed by atoms with E-state index in [0.717, 1.165) is 24.2 Å². The van der Waals surface area contributed by atoms with E-state index in [1.54, 1.807) is 7.11 Å². The van der Waals surface area contributed by atoms with Crippen LogP contribution in [0.15, 0.2) is 59.1 Å². The Morgan fingerprint density at radius 1 is 1.07 bits per heavy atom. The van der Waals surface area contributed by atoms with Gasteiger partial charge in [0.15, 0.2) is 5.82 Å². The lowest BCUT2D eigenvalue weighted by Crippen LogP contribution is -2.42. The number of piperidine rings is 1. The predicted molar refractivity (Wildman–Crippen MR) is 110 cm³/mol. The van der Waals surface area contributed by atoms with E-state index in [1.807, 2.05) is 25.1 Å². The zero-order valence-corrected chi connectivity index (χ0v) is 16.9. The van der Waals surface area contributed by atoms with Gasteiger partial charge in [0.05, 0.1) is 12.1 Å². The maximum Gasteiger partial charge on any atom is 0.240 e. The van der Waals surface area contributed by atoms with Gasteiger partial charge in [0, 0.05) is 20.2 Å². The SMILES string of the molecule is COC(C)c1noc(CN2CCC(O)(c3ccc(-c4ccccc4)cc3)CC2)n1. The number of nitrogens with zero attached hydrogens (tertiary/aromatic N) is 3. The Hall–Kier alpha value is -2.54. The number of likely N-dealkylation sites (tertiary alicyclic amines) is 1. The lowest BCUT2D eigenvalue weighted by molar-refractivity contribution is -0.0295. The lowest BCUT2D eigenvalue weighted by atomic mass is 9.84. The van der Waals surface area contributed by atoms with Crippen LogP contribution in [0.3, 0.4) is 0 Å². The molecule has 1 atom stereocenters. The molecule has 6 heteroatoms. The number of aromatic nitrogens is 2. The molecular formula is C23H27N3O3. The molecule has 1 aliphatic heterocycles. The van der Waals surface area contributed by atoms with Crippen LogP contribution in [0, 0.1) is 0 Å². The first-order valence-corrected chi connectivity index (χ1v) is 10.0. The number of hydrogen-bond acceptors (Lipinski definition) is 6. The molecule has 1 fully saturated rings. The summed E-state index contributed by atoms with van der Waals surface area (Å²) in [4.78, 5) is 6.64. The zero-order valence-electron chi connectivity index (χ0n) is 16.9. The van der Waals surface area contributed by atoms with Gasteiger partial charge in [-0.2, -0.15) is 4.98 Å². The van der Waals surface area contributed by atoms with Crippen LogP contribution in [0.1, 0.15) is 43.1 Å². The van der Waals surface area contributed by atoms with Gasteiger partial charge in [-0.15, -0.1) is 0 Å². The molecule has 2 aromatic carbocycles. The molecule has 4 rings (SSSR count). The Bertz CT molecular complexity index is 916. The summed E-state index contributed by atoms with van der Waals surface area (Å²) in [5.41, 5.74) is 2.53. The van der Waals surface area contributed by atoms with Gasteiger partial charge in [0.2, 0.25) is 5.89 Å². The number of methoxy groups -OCH3 is 1. The van der Waals surface area contributed by atoms with Crippen LogP contribution in [0.25, 0.3) is 11.1 Å². The fourth-order valence-electron chi connectivity index (χ4n) is 3.77. The molecule has 0 amide bonds. The average Bonchev–Trinajstić information content (AvgIpc) is 3.24. The Kier molecular flexibility index (Phi) is 5.76. The highest BCUT2D eigenvalue weighted by Crippen LogP contribution is 2.34. The summed E-state index contributed by atoms with van der Waals surface area (Å²) in [6.45, 7) is 4.02. The van der Waals surface area contributed by atoms with Gasteiger partial charge in [0.25, 0.3) is 0 Å². The molecule has 29 heavy (non-hydrogen) atoms. The molecule has 0 saturated carbocycles. The van der Waals surface area contributed by atoms with Crippen LogP contribution in [-0.4, -0.2) is 40.3 Å². The van der Waals surface area contributed by atoms with Gasteiger partial charge in [-0.05, 0) is 36.5 Å². The third-order valence-electron chi connectivity index (χ3n) is 5.77. The molecule has 6 nitrogen and oxygen atoms in total.